The number of sulfonamides is 1. The summed E-state index contributed by atoms with van der Waals surface area (Å²) in [7, 11) is -1.59. The summed E-state index contributed by atoms with van der Waals surface area (Å²) in [5.74, 6) is 0.578. The van der Waals surface area contributed by atoms with E-state index < -0.39 is 10.0 Å². The van der Waals surface area contributed by atoms with Crippen molar-refractivity contribution in [1.29, 1.82) is 0 Å². The van der Waals surface area contributed by atoms with E-state index in [-0.39, 0.29) is 0 Å². The Morgan fingerprint density at radius 1 is 1.37 bits per heavy atom. The van der Waals surface area contributed by atoms with Gasteiger partial charge in [0.1, 0.15) is 0 Å². The summed E-state index contributed by atoms with van der Waals surface area (Å²) in [5.41, 5.74) is 0. The van der Waals surface area contributed by atoms with Gasteiger partial charge in [-0.05, 0) is 37.7 Å². The Balaban J connectivity index is 1.65. The Morgan fingerprint density at radius 3 is 2.74 bits per heavy atom. The highest BCUT2D eigenvalue weighted by Gasteiger charge is 2.29. The Hall–Kier alpha value is -0.430. The highest BCUT2D eigenvalue weighted by molar-refractivity contribution is 7.89. The van der Waals surface area contributed by atoms with Crippen LogP contribution in [0.3, 0.4) is 0 Å². The molecule has 3 rings (SSSR count). The van der Waals surface area contributed by atoms with E-state index in [1.807, 2.05) is 6.07 Å². The number of nitrogens with zero attached hydrogens (tertiary/aromatic N) is 1. The lowest BCUT2D eigenvalue weighted by molar-refractivity contribution is 0.453. The minimum atomic E-state index is -3.28. The van der Waals surface area contributed by atoms with Crippen LogP contribution in [0, 0.1) is 5.92 Å². The topological polar surface area (TPSA) is 49.4 Å². The van der Waals surface area contributed by atoms with Crippen molar-refractivity contribution in [2.75, 3.05) is 13.6 Å². The fraction of sp³-hybridized carbons (Fsp3) is 0.692. The van der Waals surface area contributed by atoms with Crippen molar-refractivity contribution in [2.24, 2.45) is 5.92 Å². The van der Waals surface area contributed by atoms with E-state index in [9.17, 15) is 8.42 Å². The summed E-state index contributed by atoms with van der Waals surface area (Å²) in [4.78, 5) is 1.55. The second-order valence-corrected chi connectivity index (χ2v) is 8.67. The van der Waals surface area contributed by atoms with E-state index in [0.29, 0.717) is 23.4 Å². The normalized spacial score (nSPS) is 20.1. The highest BCUT2D eigenvalue weighted by Crippen LogP contribution is 2.31. The molecule has 6 heteroatoms. The van der Waals surface area contributed by atoms with Crippen LogP contribution in [-0.4, -0.2) is 32.4 Å². The maximum atomic E-state index is 12.4. The second kappa shape index (κ2) is 5.16. The summed E-state index contributed by atoms with van der Waals surface area (Å²) in [5, 5.41) is 5.18. The average Bonchev–Trinajstić information content (AvgIpc) is 3.29. The molecule has 1 aromatic rings. The predicted octanol–water partition coefficient (Wildman–Crippen LogP) is 2.03. The summed E-state index contributed by atoms with van der Waals surface area (Å²) in [6.07, 6.45) is 4.83. The molecule has 0 atom stereocenters. The van der Waals surface area contributed by atoms with E-state index in [4.69, 9.17) is 0 Å². The molecule has 1 N–H and O–H groups in total. The lowest BCUT2D eigenvalue weighted by Crippen LogP contribution is -2.28. The Labute approximate surface area is 118 Å². The third-order valence-corrected chi connectivity index (χ3v) is 6.58. The van der Waals surface area contributed by atoms with Gasteiger partial charge in [0.15, 0.2) is 0 Å². The zero-order chi connectivity index (χ0) is 13.5. The van der Waals surface area contributed by atoms with Gasteiger partial charge in [0.25, 0.3) is 0 Å². The molecule has 4 nitrogen and oxygen atoms in total. The first-order valence-corrected chi connectivity index (χ1v) is 9.15. The zero-order valence-corrected chi connectivity index (χ0v) is 12.8. The van der Waals surface area contributed by atoms with Crippen LogP contribution in [0.2, 0.25) is 0 Å². The maximum absolute atomic E-state index is 12.4. The van der Waals surface area contributed by atoms with Gasteiger partial charge in [-0.25, -0.2) is 12.7 Å². The predicted molar refractivity (Wildman–Crippen MR) is 76.7 cm³/mol. The van der Waals surface area contributed by atoms with Gasteiger partial charge in [-0.2, -0.15) is 0 Å². The molecule has 0 aliphatic heterocycles. The minimum absolute atomic E-state index is 0.452. The van der Waals surface area contributed by atoms with Crippen molar-refractivity contribution in [3.8, 4) is 0 Å². The first-order chi connectivity index (χ1) is 9.05. The van der Waals surface area contributed by atoms with Crippen molar-refractivity contribution in [2.45, 2.75) is 43.2 Å². The van der Waals surface area contributed by atoms with Gasteiger partial charge in [-0.1, -0.05) is 0 Å². The van der Waals surface area contributed by atoms with Crippen LogP contribution >= 0.6 is 11.3 Å². The summed E-state index contributed by atoms with van der Waals surface area (Å²) >= 11 is 1.53. The van der Waals surface area contributed by atoms with Crippen molar-refractivity contribution in [3.63, 3.8) is 0 Å². The minimum Gasteiger partial charge on any atom is -0.309 e. The van der Waals surface area contributed by atoms with Crippen molar-refractivity contribution >= 4 is 21.4 Å². The lowest BCUT2D eigenvalue weighted by atomic mass is 10.4. The standard InChI is InChI=1S/C13H20N2O2S2/c1-15(8-10-2-3-10)19(16,17)13-6-12(18-9-13)7-14-11-4-5-11/h6,9-11,14H,2-5,7-8H2,1H3. The molecule has 0 bridgehead atoms. The molecule has 0 aromatic carbocycles. The fourth-order valence-electron chi connectivity index (χ4n) is 2.06. The Morgan fingerprint density at radius 2 is 2.11 bits per heavy atom. The number of rotatable bonds is 7. The van der Waals surface area contributed by atoms with E-state index >= 15 is 0 Å². The molecule has 0 saturated heterocycles. The zero-order valence-electron chi connectivity index (χ0n) is 11.1. The molecular formula is C13H20N2O2S2. The van der Waals surface area contributed by atoms with Crippen LogP contribution < -0.4 is 5.32 Å². The van der Waals surface area contributed by atoms with Crippen molar-refractivity contribution in [3.05, 3.63) is 16.3 Å². The summed E-state index contributed by atoms with van der Waals surface area (Å²) < 4.78 is 26.2. The molecule has 1 heterocycles. The quantitative estimate of drug-likeness (QED) is 0.838. The first kappa shape index (κ1) is 13.5. The number of nitrogens with one attached hydrogen (secondary N) is 1. The number of hydrogen-bond donors (Lipinski definition) is 1. The van der Waals surface area contributed by atoms with Gasteiger partial charge in [0.2, 0.25) is 10.0 Å². The van der Waals surface area contributed by atoms with Crippen LogP contribution in [0.15, 0.2) is 16.3 Å². The SMILES string of the molecule is CN(CC1CC1)S(=O)(=O)c1csc(CNC2CC2)c1. The van der Waals surface area contributed by atoms with Crippen LogP contribution in [0.5, 0.6) is 0 Å². The smallest absolute Gasteiger partial charge is 0.243 e. The molecule has 1 aromatic heterocycles. The van der Waals surface area contributed by atoms with E-state index in [0.717, 1.165) is 11.4 Å². The van der Waals surface area contributed by atoms with Gasteiger partial charge in [0.05, 0.1) is 4.90 Å². The van der Waals surface area contributed by atoms with Gasteiger partial charge in [0, 0.05) is 36.4 Å². The average molecular weight is 300 g/mol. The largest absolute Gasteiger partial charge is 0.309 e. The Bertz CT molecular complexity index is 545. The molecule has 2 saturated carbocycles. The number of thiophene rings is 1. The summed E-state index contributed by atoms with van der Waals surface area (Å²) in [6, 6.07) is 2.47. The van der Waals surface area contributed by atoms with E-state index in [2.05, 4.69) is 5.32 Å². The third kappa shape index (κ3) is 3.37. The van der Waals surface area contributed by atoms with Crippen LogP contribution in [0.4, 0.5) is 0 Å². The monoisotopic (exact) mass is 300 g/mol. The lowest BCUT2D eigenvalue weighted by Gasteiger charge is -2.15. The second-order valence-electron chi connectivity index (χ2n) is 5.63. The molecule has 0 unspecified atom stereocenters. The highest BCUT2D eigenvalue weighted by atomic mass is 32.2. The molecule has 0 spiro atoms. The van der Waals surface area contributed by atoms with Crippen molar-refractivity contribution in [1.82, 2.24) is 9.62 Å². The number of hydrogen-bond acceptors (Lipinski definition) is 4. The van der Waals surface area contributed by atoms with Crippen LogP contribution in [0.25, 0.3) is 0 Å². The summed E-state index contributed by atoms with van der Waals surface area (Å²) in [6.45, 7) is 1.45. The first-order valence-electron chi connectivity index (χ1n) is 6.83. The molecule has 2 fully saturated rings. The van der Waals surface area contributed by atoms with Crippen LogP contribution in [0.1, 0.15) is 30.6 Å². The fourth-order valence-corrected chi connectivity index (χ4v) is 4.52. The van der Waals surface area contributed by atoms with Gasteiger partial charge in [-0.15, -0.1) is 11.3 Å². The molecular weight excluding hydrogens is 280 g/mol. The van der Waals surface area contributed by atoms with Gasteiger partial charge >= 0.3 is 0 Å². The van der Waals surface area contributed by atoms with Crippen LogP contribution in [-0.2, 0) is 16.6 Å². The van der Waals surface area contributed by atoms with E-state index in [1.165, 1.54) is 41.3 Å². The maximum Gasteiger partial charge on any atom is 0.243 e. The third-order valence-electron chi connectivity index (χ3n) is 3.69. The molecule has 0 radical (unpaired) electrons. The van der Waals surface area contributed by atoms with Gasteiger partial charge < -0.3 is 5.32 Å². The van der Waals surface area contributed by atoms with Gasteiger partial charge in [-0.3, -0.25) is 0 Å². The Kier molecular flexibility index (Phi) is 3.68. The molecule has 106 valence electrons. The molecule has 2 aliphatic rings. The van der Waals surface area contributed by atoms with Crippen molar-refractivity contribution < 1.29 is 8.42 Å². The molecule has 0 amide bonds. The molecule has 19 heavy (non-hydrogen) atoms. The molecule has 2 aliphatic carbocycles. The van der Waals surface area contributed by atoms with E-state index in [1.54, 1.807) is 12.4 Å².